The van der Waals surface area contributed by atoms with Crippen molar-refractivity contribution >= 4 is 17.5 Å². The Labute approximate surface area is 115 Å². The fraction of sp³-hybridized carbons (Fsp3) is 0.500. The van der Waals surface area contributed by atoms with Crippen LogP contribution in [0.5, 0.6) is 0 Å². The Morgan fingerprint density at radius 1 is 1.25 bits per heavy atom. The summed E-state index contributed by atoms with van der Waals surface area (Å²) >= 11 is 0. The summed E-state index contributed by atoms with van der Waals surface area (Å²) in [5.74, 6) is -0.137. The van der Waals surface area contributed by atoms with Gasteiger partial charge in [-0.3, -0.25) is 4.79 Å². The first-order chi connectivity index (χ1) is 9.24. The van der Waals surface area contributed by atoms with E-state index < -0.39 is 11.7 Å². The lowest BCUT2D eigenvalue weighted by Crippen LogP contribution is -2.29. The minimum atomic E-state index is -4.46. The van der Waals surface area contributed by atoms with E-state index in [9.17, 15) is 18.0 Å². The van der Waals surface area contributed by atoms with Gasteiger partial charge in [0.05, 0.1) is 12.1 Å². The molecule has 8 heteroatoms. The maximum absolute atomic E-state index is 12.8. The Balaban J connectivity index is 2.94. The van der Waals surface area contributed by atoms with Gasteiger partial charge in [-0.05, 0) is 19.1 Å². The van der Waals surface area contributed by atoms with Crippen LogP contribution in [0.2, 0.25) is 0 Å². The summed E-state index contributed by atoms with van der Waals surface area (Å²) in [5, 5.41) is 5.32. The van der Waals surface area contributed by atoms with Crippen LogP contribution in [0.25, 0.3) is 0 Å². The van der Waals surface area contributed by atoms with Crippen LogP contribution in [0.4, 0.5) is 24.8 Å². The van der Waals surface area contributed by atoms with E-state index in [0.29, 0.717) is 6.54 Å². The number of halogens is 3. The number of rotatable bonds is 5. The Kier molecular flexibility index (Phi) is 5.18. The molecule has 0 saturated carbocycles. The first-order valence-electron chi connectivity index (χ1n) is 6.01. The van der Waals surface area contributed by atoms with Crippen molar-refractivity contribution in [3.05, 3.63) is 17.7 Å². The molecule has 1 amide bonds. The third-order valence-corrected chi connectivity index (χ3v) is 2.43. The van der Waals surface area contributed by atoms with Crippen molar-refractivity contribution in [1.82, 2.24) is 9.88 Å². The van der Waals surface area contributed by atoms with Gasteiger partial charge < -0.3 is 15.5 Å². The van der Waals surface area contributed by atoms with Crippen molar-refractivity contribution in [2.45, 2.75) is 13.1 Å². The molecule has 2 N–H and O–H groups in total. The topological polar surface area (TPSA) is 57.3 Å². The minimum absolute atomic E-state index is 0.00553. The molecule has 0 saturated heterocycles. The molecule has 112 valence electrons. The highest BCUT2D eigenvalue weighted by Gasteiger charge is 2.31. The Hall–Kier alpha value is -1.99. The SMILES string of the molecule is CCNc1cc(C(F)(F)F)cc(NCC(=O)N(C)C)n1. The number of carbonyl (C=O) groups excluding carboxylic acids is 1. The molecule has 0 unspecified atom stereocenters. The number of alkyl halides is 3. The van der Waals surface area contributed by atoms with Crippen LogP contribution >= 0.6 is 0 Å². The summed E-state index contributed by atoms with van der Waals surface area (Å²) < 4.78 is 38.3. The number of aromatic nitrogens is 1. The molecular formula is C12H17F3N4O. The van der Waals surface area contributed by atoms with Crippen LogP contribution in [0.1, 0.15) is 12.5 Å². The van der Waals surface area contributed by atoms with Gasteiger partial charge in [0, 0.05) is 20.6 Å². The summed E-state index contributed by atoms with van der Waals surface area (Å²) in [6.45, 7) is 2.09. The second-order valence-electron chi connectivity index (χ2n) is 4.30. The van der Waals surface area contributed by atoms with Crippen molar-refractivity contribution in [3.63, 3.8) is 0 Å². The Morgan fingerprint density at radius 3 is 2.25 bits per heavy atom. The van der Waals surface area contributed by atoms with E-state index >= 15 is 0 Å². The van der Waals surface area contributed by atoms with E-state index in [1.165, 1.54) is 4.90 Å². The van der Waals surface area contributed by atoms with Crippen molar-refractivity contribution in [3.8, 4) is 0 Å². The highest BCUT2D eigenvalue weighted by atomic mass is 19.4. The lowest BCUT2D eigenvalue weighted by Gasteiger charge is -2.14. The van der Waals surface area contributed by atoms with Gasteiger partial charge in [-0.15, -0.1) is 0 Å². The molecular weight excluding hydrogens is 273 g/mol. The number of pyridine rings is 1. The van der Waals surface area contributed by atoms with E-state index in [2.05, 4.69) is 15.6 Å². The van der Waals surface area contributed by atoms with Gasteiger partial charge in [0.25, 0.3) is 0 Å². The third kappa shape index (κ3) is 4.60. The molecule has 0 aliphatic carbocycles. The van der Waals surface area contributed by atoms with E-state index in [4.69, 9.17) is 0 Å². The molecule has 0 bridgehead atoms. The second kappa shape index (κ2) is 6.44. The number of carbonyl (C=O) groups is 1. The van der Waals surface area contributed by atoms with Crippen molar-refractivity contribution < 1.29 is 18.0 Å². The van der Waals surface area contributed by atoms with E-state index in [-0.39, 0.29) is 24.1 Å². The number of hydrogen-bond acceptors (Lipinski definition) is 4. The zero-order chi connectivity index (χ0) is 15.3. The summed E-state index contributed by atoms with van der Waals surface area (Å²) in [6.07, 6.45) is -4.46. The summed E-state index contributed by atoms with van der Waals surface area (Å²) in [6, 6.07) is 1.81. The summed E-state index contributed by atoms with van der Waals surface area (Å²) in [4.78, 5) is 16.7. The lowest BCUT2D eigenvalue weighted by atomic mass is 10.2. The lowest BCUT2D eigenvalue weighted by molar-refractivity contribution is -0.137. The maximum Gasteiger partial charge on any atom is 0.416 e. The highest BCUT2D eigenvalue weighted by Crippen LogP contribution is 2.31. The molecule has 20 heavy (non-hydrogen) atoms. The molecule has 0 aliphatic heterocycles. The van der Waals surface area contributed by atoms with Crippen LogP contribution in [-0.2, 0) is 11.0 Å². The predicted octanol–water partition coefficient (Wildman–Crippen LogP) is 2.03. The number of anilines is 2. The van der Waals surface area contributed by atoms with E-state index in [1.54, 1.807) is 21.0 Å². The fourth-order valence-corrected chi connectivity index (χ4v) is 1.38. The van der Waals surface area contributed by atoms with Gasteiger partial charge in [-0.1, -0.05) is 0 Å². The molecule has 5 nitrogen and oxygen atoms in total. The quantitative estimate of drug-likeness (QED) is 0.871. The van der Waals surface area contributed by atoms with E-state index in [0.717, 1.165) is 12.1 Å². The number of hydrogen-bond donors (Lipinski definition) is 2. The number of amides is 1. The van der Waals surface area contributed by atoms with Gasteiger partial charge in [0.2, 0.25) is 5.91 Å². The molecule has 0 atom stereocenters. The highest BCUT2D eigenvalue weighted by molar-refractivity contribution is 5.80. The number of nitrogens with zero attached hydrogens (tertiary/aromatic N) is 2. The summed E-state index contributed by atoms with van der Waals surface area (Å²) in [5.41, 5.74) is -0.816. The average Bonchev–Trinajstić information content (AvgIpc) is 2.35. The average molecular weight is 290 g/mol. The Bertz CT molecular complexity index is 474. The first-order valence-corrected chi connectivity index (χ1v) is 6.01. The maximum atomic E-state index is 12.8. The second-order valence-corrected chi connectivity index (χ2v) is 4.30. The molecule has 1 rings (SSSR count). The van der Waals surface area contributed by atoms with Crippen LogP contribution in [-0.4, -0.2) is 43.0 Å². The predicted molar refractivity (Wildman–Crippen MR) is 70.6 cm³/mol. The van der Waals surface area contributed by atoms with Crippen LogP contribution < -0.4 is 10.6 Å². The molecule has 1 aromatic heterocycles. The molecule has 0 aromatic carbocycles. The summed E-state index contributed by atoms with van der Waals surface area (Å²) in [7, 11) is 3.13. The number of nitrogens with one attached hydrogen (secondary N) is 2. The van der Waals surface area contributed by atoms with Crippen molar-refractivity contribution in [2.75, 3.05) is 37.8 Å². The molecule has 1 heterocycles. The zero-order valence-electron chi connectivity index (χ0n) is 11.5. The van der Waals surface area contributed by atoms with Crippen LogP contribution in [0.3, 0.4) is 0 Å². The van der Waals surface area contributed by atoms with E-state index in [1.807, 2.05) is 0 Å². The smallest absolute Gasteiger partial charge is 0.370 e. The van der Waals surface area contributed by atoms with Gasteiger partial charge in [-0.25, -0.2) is 4.98 Å². The normalized spacial score (nSPS) is 11.1. The molecule has 0 aliphatic rings. The standard InChI is InChI=1S/C12H17F3N4O/c1-4-16-9-5-8(12(13,14)15)6-10(18-9)17-7-11(20)19(2)3/h5-6H,4,7H2,1-3H3,(H2,16,17,18). The third-order valence-electron chi connectivity index (χ3n) is 2.43. The van der Waals surface area contributed by atoms with Crippen LogP contribution in [0.15, 0.2) is 12.1 Å². The minimum Gasteiger partial charge on any atom is -0.370 e. The zero-order valence-corrected chi connectivity index (χ0v) is 11.5. The first kappa shape index (κ1) is 16.1. The van der Waals surface area contributed by atoms with Gasteiger partial charge in [0.1, 0.15) is 11.6 Å². The fourth-order valence-electron chi connectivity index (χ4n) is 1.38. The number of likely N-dealkylation sites (N-methyl/N-ethyl adjacent to an activating group) is 1. The Morgan fingerprint density at radius 2 is 1.80 bits per heavy atom. The largest absolute Gasteiger partial charge is 0.416 e. The monoisotopic (exact) mass is 290 g/mol. The molecule has 0 fully saturated rings. The van der Waals surface area contributed by atoms with Crippen LogP contribution in [0, 0.1) is 0 Å². The molecule has 0 radical (unpaired) electrons. The van der Waals surface area contributed by atoms with Gasteiger partial charge in [-0.2, -0.15) is 13.2 Å². The molecule has 1 aromatic rings. The van der Waals surface area contributed by atoms with Crippen molar-refractivity contribution in [2.24, 2.45) is 0 Å². The van der Waals surface area contributed by atoms with Gasteiger partial charge in [0.15, 0.2) is 0 Å². The molecule has 0 spiro atoms. The van der Waals surface area contributed by atoms with Crippen molar-refractivity contribution in [1.29, 1.82) is 0 Å². The van der Waals surface area contributed by atoms with Gasteiger partial charge >= 0.3 is 6.18 Å².